The number of nitrogens with one attached hydrogen (secondary N) is 2. The Hall–Kier alpha value is -2.11. The Morgan fingerprint density at radius 2 is 1.64 bits per heavy atom. The molecule has 2 heterocycles. The van der Waals surface area contributed by atoms with Crippen LogP contribution in [0.4, 0.5) is 0 Å². The van der Waals surface area contributed by atoms with Crippen LogP contribution >= 0.6 is 0 Å². The van der Waals surface area contributed by atoms with E-state index in [9.17, 15) is 24.9 Å². The number of hydrogen-bond donors (Lipinski definition) is 6. The molecule has 20 heteroatoms. The molecule has 1 aromatic carbocycles. The summed E-state index contributed by atoms with van der Waals surface area (Å²) in [5, 5.41) is 42.7. The Kier molecular flexibility index (Phi) is 19.0. The van der Waals surface area contributed by atoms with Gasteiger partial charge in [-0.05, 0) is 18.2 Å². The molecule has 45 heavy (non-hydrogen) atoms. The van der Waals surface area contributed by atoms with Gasteiger partial charge in [0.1, 0.15) is 17.9 Å². The molecule has 0 saturated carbocycles. The van der Waals surface area contributed by atoms with E-state index in [2.05, 4.69) is 27.9 Å². The minimum Gasteiger partial charge on any atom is -0.726 e. The Morgan fingerprint density at radius 3 is 2.27 bits per heavy atom. The number of carbonyl (C=O) groups excluding carboxylic acids is 2. The van der Waals surface area contributed by atoms with Crippen molar-refractivity contribution < 1.29 is 90.9 Å². The molecule has 3 rings (SSSR count). The van der Waals surface area contributed by atoms with Crippen LogP contribution in [0.25, 0.3) is 11.3 Å². The number of aliphatic hydroxyl groups is 3. The summed E-state index contributed by atoms with van der Waals surface area (Å²) in [5.41, 5.74) is 1.95. The Bertz CT molecular complexity index is 1260. The number of hydrogen-bond acceptors (Lipinski definition) is 14. The van der Waals surface area contributed by atoms with Gasteiger partial charge in [0.15, 0.2) is 6.29 Å². The van der Waals surface area contributed by atoms with Gasteiger partial charge in [0, 0.05) is 31.1 Å². The average Bonchev–Trinajstić information content (AvgIpc) is 3.45. The summed E-state index contributed by atoms with van der Waals surface area (Å²) in [7, 11) is -3.37. The van der Waals surface area contributed by atoms with Crippen molar-refractivity contribution >= 4 is 22.2 Å². The third kappa shape index (κ3) is 15.8. The van der Waals surface area contributed by atoms with Crippen LogP contribution in [0.3, 0.4) is 0 Å². The second-order valence-electron chi connectivity index (χ2n) is 9.16. The number of benzene rings is 1. The maximum Gasteiger partial charge on any atom is 1.00 e. The van der Waals surface area contributed by atoms with Crippen molar-refractivity contribution in [1.29, 1.82) is 0 Å². The predicted octanol–water partition coefficient (Wildman–Crippen LogP) is -5.49. The number of rotatable bonds is 15. The van der Waals surface area contributed by atoms with E-state index in [1.165, 1.54) is 0 Å². The van der Waals surface area contributed by atoms with Crippen molar-refractivity contribution in [2.45, 2.75) is 43.7 Å². The standard InChI is InChI=1S/C25H36N5O9.Na.H2O4S/c1-16-21(32)22(33)23(34)25(39-16)38-14-13-37-12-11-36-10-9-30-15-19(28-29-30)17-3-5-18(6-4-17)24(35)27-8-7-20(31)26-2;;1-5(2,3)4/h3-6,15-16,21-23,25,32-34H,1,7-14H2,2H3,(H,26,31)(H,27,35);;(H2,1,2,3,4)/q-1;+1;/p-1/t16-,21+,22+,23-,25?;;/m1../s1. The zero-order valence-corrected chi connectivity index (χ0v) is 27.7. The van der Waals surface area contributed by atoms with Crippen molar-refractivity contribution in [2.75, 3.05) is 46.6 Å². The van der Waals surface area contributed by atoms with Crippen molar-refractivity contribution in [3.05, 3.63) is 42.9 Å². The Labute approximate surface area is 282 Å². The maximum atomic E-state index is 12.2. The Morgan fingerprint density at radius 1 is 1.04 bits per heavy atom. The van der Waals surface area contributed by atoms with Crippen LogP contribution in [-0.4, -0.2) is 137 Å². The molecule has 1 unspecified atom stereocenters. The fourth-order valence-electron chi connectivity index (χ4n) is 3.61. The summed E-state index contributed by atoms with van der Waals surface area (Å²) in [5.74, 6) is -0.396. The number of nitrogens with zero attached hydrogens (tertiary/aromatic N) is 3. The van der Waals surface area contributed by atoms with Crippen molar-refractivity contribution in [2.24, 2.45) is 0 Å². The van der Waals surface area contributed by atoms with Gasteiger partial charge in [-0.3, -0.25) is 14.1 Å². The molecule has 1 aliphatic heterocycles. The van der Waals surface area contributed by atoms with Gasteiger partial charge in [0.25, 0.3) is 5.91 Å². The number of carbonyl (C=O) groups is 2. The normalized spacial score (nSPS) is 21.2. The van der Waals surface area contributed by atoms with Gasteiger partial charge < -0.3 is 56.4 Å². The van der Waals surface area contributed by atoms with Crippen molar-refractivity contribution in [3.63, 3.8) is 0 Å². The molecule has 1 fully saturated rings. The molecule has 0 bridgehead atoms. The van der Waals surface area contributed by atoms with E-state index in [0.717, 1.165) is 5.56 Å². The first-order valence-electron chi connectivity index (χ1n) is 13.3. The van der Waals surface area contributed by atoms with Crippen molar-refractivity contribution in [3.8, 4) is 11.3 Å². The molecule has 2 amide bonds. The second-order valence-corrected chi connectivity index (χ2v) is 10.0. The fourth-order valence-corrected chi connectivity index (χ4v) is 3.61. The summed E-state index contributed by atoms with van der Waals surface area (Å²) in [6.45, 7) is 5.70. The second kappa shape index (κ2) is 20.9. The summed E-state index contributed by atoms with van der Waals surface area (Å²) in [6.07, 6.45) is -4.06. The van der Waals surface area contributed by atoms with E-state index >= 15 is 0 Å². The van der Waals surface area contributed by atoms with E-state index < -0.39 is 41.1 Å². The smallest absolute Gasteiger partial charge is 0.726 e. The molecule has 2 aromatic rings. The van der Waals surface area contributed by atoms with Crippen molar-refractivity contribution in [1.82, 2.24) is 25.6 Å². The van der Waals surface area contributed by atoms with Gasteiger partial charge in [-0.15, -0.1) is 5.10 Å². The number of aromatic nitrogens is 3. The molecule has 1 aromatic heterocycles. The largest absolute Gasteiger partial charge is 1.00 e. The zero-order valence-electron chi connectivity index (χ0n) is 24.9. The van der Waals surface area contributed by atoms with Crippen LogP contribution in [0, 0.1) is 6.92 Å². The predicted molar refractivity (Wildman–Crippen MR) is 148 cm³/mol. The van der Waals surface area contributed by atoms with Crippen LogP contribution < -0.4 is 40.2 Å². The molecular weight excluding hydrogens is 633 g/mol. The molecule has 248 valence electrons. The number of aliphatic hydroxyl groups excluding tert-OH is 3. The fraction of sp³-hybridized carbons (Fsp3) is 0.560. The van der Waals surface area contributed by atoms with Gasteiger partial charge in [-0.25, -0.2) is 13.1 Å². The minimum atomic E-state index is -4.92. The summed E-state index contributed by atoms with van der Waals surface area (Å²) in [4.78, 5) is 23.4. The van der Waals surface area contributed by atoms with Gasteiger partial charge in [-0.1, -0.05) is 17.3 Å². The third-order valence-corrected chi connectivity index (χ3v) is 5.91. The molecule has 1 aliphatic rings. The molecular formula is C25H37N5NaO13S-. The molecule has 6 N–H and O–H groups in total. The van der Waals surface area contributed by atoms with E-state index in [1.807, 2.05) is 0 Å². The first kappa shape index (κ1) is 40.9. The SMILES string of the molecule is O=S(=O)([O-])O.[CH2-][C@H]1OC(OCCOCCOCCn2cc(-c3ccc(C(=O)NCCC(=O)NC)cc3)nn2)[C@H](O)[C@@H](O)[C@H]1O.[Na+]. The van der Waals surface area contributed by atoms with Gasteiger partial charge in [0.05, 0.1) is 51.9 Å². The Balaban J connectivity index is 0.00000156. The van der Waals surface area contributed by atoms with E-state index in [-0.39, 0.29) is 67.6 Å². The quantitative estimate of drug-likeness (QED) is 0.0339. The molecule has 0 spiro atoms. The van der Waals surface area contributed by atoms with E-state index in [0.29, 0.717) is 37.6 Å². The van der Waals surface area contributed by atoms with Crippen LogP contribution in [-0.2, 0) is 40.7 Å². The molecule has 0 aliphatic carbocycles. The zero-order chi connectivity index (χ0) is 32.7. The van der Waals surface area contributed by atoms with Crippen LogP contribution in [0.5, 0.6) is 0 Å². The summed E-state index contributed by atoms with van der Waals surface area (Å²) >= 11 is 0. The molecule has 18 nitrogen and oxygen atoms in total. The minimum absolute atomic E-state index is 0. The van der Waals surface area contributed by atoms with E-state index in [4.69, 9.17) is 36.5 Å². The van der Waals surface area contributed by atoms with Crippen LogP contribution in [0.1, 0.15) is 16.8 Å². The first-order valence-corrected chi connectivity index (χ1v) is 14.6. The summed E-state index contributed by atoms with van der Waals surface area (Å²) in [6, 6.07) is 6.94. The van der Waals surface area contributed by atoms with Crippen LogP contribution in [0.2, 0.25) is 0 Å². The molecule has 1 saturated heterocycles. The first-order chi connectivity index (χ1) is 20.8. The average molecular weight is 671 g/mol. The van der Waals surface area contributed by atoms with E-state index in [1.54, 1.807) is 42.2 Å². The molecule has 0 radical (unpaired) electrons. The maximum absolute atomic E-state index is 12.2. The van der Waals surface area contributed by atoms with Gasteiger partial charge in [-0.2, -0.15) is 0 Å². The monoisotopic (exact) mass is 670 g/mol. The summed E-state index contributed by atoms with van der Waals surface area (Å²) < 4.78 is 56.0. The van der Waals surface area contributed by atoms with Gasteiger partial charge >= 0.3 is 29.6 Å². The third-order valence-electron chi connectivity index (χ3n) is 5.91. The topological polar surface area (TPSA) is 264 Å². The number of ether oxygens (including phenoxy) is 4. The number of amides is 2. The van der Waals surface area contributed by atoms with Gasteiger partial charge in [0.2, 0.25) is 16.3 Å². The van der Waals surface area contributed by atoms with Crippen LogP contribution in [0.15, 0.2) is 30.5 Å². The molecule has 5 atom stereocenters.